The van der Waals surface area contributed by atoms with E-state index >= 15 is 0 Å². The van der Waals surface area contributed by atoms with E-state index in [1.165, 1.54) is 0 Å². The molecule has 0 aliphatic carbocycles. The summed E-state index contributed by atoms with van der Waals surface area (Å²) in [5.41, 5.74) is 0.863. The summed E-state index contributed by atoms with van der Waals surface area (Å²) in [4.78, 5) is 11.9. The van der Waals surface area contributed by atoms with E-state index in [9.17, 15) is 9.90 Å². The number of amides is 1. The van der Waals surface area contributed by atoms with E-state index < -0.39 is 6.10 Å². The average Bonchev–Trinajstić information content (AvgIpc) is 2.49. The lowest BCUT2D eigenvalue weighted by molar-refractivity contribution is -0.122. The minimum atomic E-state index is -0.576. The summed E-state index contributed by atoms with van der Waals surface area (Å²) in [5, 5.41) is 13.0. The van der Waals surface area contributed by atoms with Crippen LogP contribution in [0.3, 0.4) is 0 Å². The van der Waals surface area contributed by atoms with Crippen molar-refractivity contribution in [1.29, 1.82) is 0 Å². The average molecular weight is 275 g/mol. The predicted molar refractivity (Wildman–Crippen MR) is 76.9 cm³/mol. The summed E-state index contributed by atoms with van der Waals surface area (Å²) in [7, 11) is 0. The molecule has 0 saturated carbocycles. The molecule has 2 rings (SSSR count). The molecular weight excluding hydrogens is 254 g/mol. The number of nitrogens with one attached hydrogen (secondary N) is 1. The molecule has 4 heteroatoms. The van der Waals surface area contributed by atoms with Gasteiger partial charge in [-0.05, 0) is 37.8 Å². The van der Waals surface area contributed by atoms with Gasteiger partial charge in [0.1, 0.15) is 0 Å². The summed E-state index contributed by atoms with van der Waals surface area (Å²) in [5.74, 6) is 0.203. The number of hydrogen-bond acceptors (Lipinski definition) is 3. The lowest BCUT2D eigenvalue weighted by Gasteiger charge is -2.20. The van der Waals surface area contributed by atoms with Crippen molar-refractivity contribution in [3.05, 3.63) is 47.7 Å². The van der Waals surface area contributed by atoms with Gasteiger partial charge < -0.3 is 15.2 Å². The van der Waals surface area contributed by atoms with Crippen LogP contribution in [0, 0.1) is 0 Å². The number of rotatable bonds is 5. The van der Waals surface area contributed by atoms with Gasteiger partial charge in [-0.15, -0.1) is 0 Å². The molecular formula is C16H21NO3. The van der Waals surface area contributed by atoms with E-state index in [1.54, 1.807) is 0 Å². The number of aliphatic hydroxyl groups is 1. The maximum absolute atomic E-state index is 11.9. The molecule has 20 heavy (non-hydrogen) atoms. The molecule has 0 spiro atoms. The van der Waals surface area contributed by atoms with Crippen molar-refractivity contribution in [3.63, 3.8) is 0 Å². The van der Waals surface area contributed by atoms with Crippen molar-refractivity contribution in [3.8, 4) is 0 Å². The van der Waals surface area contributed by atoms with E-state index in [1.807, 2.05) is 43.3 Å². The molecule has 1 aromatic carbocycles. The Hall–Kier alpha value is -1.81. The zero-order valence-electron chi connectivity index (χ0n) is 11.7. The Morgan fingerprint density at radius 2 is 2.15 bits per heavy atom. The predicted octanol–water partition coefficient (Wildman–Crippen LogP) is 2.31. The van der Waals surface area contributed by atoms with Crippen molar-refractivity contribution in [2.45, 2.75) is 38.3 Å². The van der Waals surface area contributed by atoms with Crippen molar-refractivity contribution in [2.75, 3.05) is 6.61 Å². The van der Waals surface area contributed by atoms with E-state index in [0.717, 1.165) is 18.4 Å². The van der Waals surface area contributed by atoms with Gasteiger partial charge >= 0.3 is 0 Å². The molecule has 1 amide bonds. The van der Waals surface area contributed by atoms with Gasteiger partial charge in [0.15, 0.2) is 5.76 Å². The molecule has 1 aliphatic heterocycles. The number of aliphatic hydroxyl groups excluding tert-OH is 1. The van der Waals surface area contributed by atoms with E-state index in [0.29, 0.717) is 18.8 Å². The van der Waals surface area contributed by atoms with Gasteiger partial charge in [-0.2, -0.15) is 0 Å². The molecule has 0 aromatic heterocycles. The van der Waals surface area contributed by atoms with Gasteiger partial charge in [-0.3, -0.25) is 4.79 Å². The number of benzene rings is 1. The van der Waals surface area contributed by atoms with Crippen LogP contribution in [0.25, 0.3) is 0 Å². The van der Waals surface area contributed by atoms with Crippen LogP contribution in [-0.2, 0) is 9.53 Å². The second-order valence-corrected chi connectivity index (χ2v) is 5.10. The molecule has 4 nitrogen and oxygen atoms in total. The Kier molecular flexibility index (Phi) is 5.18. The van der Waals surface area contributed by atoms with Gasteiger partial charge in [0.2, 0.25) is 0 Å². The van der Waals surface area contributed by atoms with Crippen LogP contribution in [0.15, 0.2) is 42.2 Å². The summed E-state index contributed by atoms with van der Waals surface area (Å²) in [6.45, 7) is 2.48. The Balaban J connectivity index is 1.84. The first-order valence-electron chi connectivity index (χ1n) is 7.03. The van der Waals surface area contributed by atoms with Crippen LogP contribution in [0.4, 0.5) is 0 Å². The molecule has 0 saturated heterocycles. The monoisotopic (exact) mass is 275 g/mol. The smallest absolute Gasteiger partial charge is 0.286 e. The molecule has 1 aliphatic rings. The maximum atomic E-state index is 11.9. The van der Waals surface area contributed by atoms with Gasteiger partial charge in [-0.25, -0.2) is 0 Å². The second-order valence-electron chi connectivity index (χ2n) is 5.10. The molecule has 108 valence electrons. The topological polar surface area (TPSA) is 58.6 Å². The first-order valence-corrected chi connectivity index (χ1v) is 7.03. The van der Waals surface area contributed by atoms with Crippen LogP contribution in [-0.4, -0.2) is 23.7 Å². The summed E-state index contributed by atoms with van der Waals surface area (Å²) >= 11 is 0. The third-order valence-corrected chi connectivity index (χ3v) is 3.30. The Bertz CT molecular complexity index is 470. The summed E-state index contributed by atoms with van der Waals surface area (Å²) in [6, 6.07) is 9.33. The zero-order chi connectivity index (χ0) is 14.4. The van der Waals surface area contributed by atoms with Crippen molar-refractivity contribution < 1.29 is 14.6 Å². The molecule has 0 radical (unpaired) electrons. The van der Waals surface area contributed by atoms with Crippen molar-refractivity contribution >= 4 is 5.91 Å². The Labute approximate surface area is 119 Å². The zero-order valence-corrected chi connectivity index (χ0v) is 11.7. The largest absolute Gasteiger partial charge is 0.488 e. The molecule has 2 atom stereocenters. The highest BCUT2D eigenvalue weighted by Gasteiger charge is 2.18. The van der Waals surface area contributed by atoms with Gasteiger partial charge in [0.25, 0.3) is 5.91 Å². The molecule has 0 fully saturated rings. The SMILES string of the molecule is CC(CC(O)c1ccccc1)NC(=O)C1=CCCCO1. The quantitative estimate of drug-likeness (QED) is 0.867. The van der Waals surface area contributed by atoms with E-state index in [4.69, 9.17) is 4.74 Å². The number of carbonyl (C=O) groups is 1. The maximum Gasteiger partial charge on any atom is 0.286 e. The van der Waals surface area contributed by atoms with Gasteiger partial charge in [0.05, 0.1) is 12.7 Å². The lowest BCUT2D eigenvalue weighted by Crippen LogP contribution is -2.35. The third kappa shape index (κ3) is 4.10. The van der Waals surface area contributed by atoms with Crippen molar-refractivity contribution in [2.24, 2.45) is 0 Å². The number of allylic oxidation sites excluding steroid dienone is 1. The van der Waals surface area contributed by atoms with Crippen molar-refractivity contribution in [1.82, 2.24) is 5.32 Å². The number of hydrogen-bond donors (Lipinski definition) is 2. The highest BCUT2D eigenvalue weighted by molar-refractivity contribution is 5.91. The molecule has 2 unspecified atom stereocenters. The minimum Gasteiger partial charge on any atom is -0.488 e. The number of carbonyl (C=O) groups excluding carboxylic acids is 1. The molecule has 1 heterocycles. The van der Waals surface area contributed by atoms with E-state index in [2.05, 4.69) is 5.32 Å². The fourth-order valence-corrected chi connectivity index (χ4v) is 2.22. The van der Waals surface area contributed by atoms with E-state index in [-0.39, 0.29) is 11.9 Å². The Morgan fingerprint density at radius 3 is 2.80 bits per heavy atom. The standard InChI is InChI=1S/C16H21NO3/c1-12(11-14(18)13-7-3-2-4-8-13)17-16(19)15-9-5-6-10-20-15/h2-4,7-9,12,14,18H,5-6,10-11H2,1H3,(H,17,19). The second kappa shape index (κ2) is 7.10. The molecule has 2 N–H and O–H groups in total. The van der Waals surface area contributed by atoms with Crippen LogP contribution in [0.2, 0.25) is 0 Å². The minimum absolute atomic E-state index is 0.121. The van der Waals surface area contributed by atoms with Crippen LogP contribution >= 0.6 is 0 Å². The first-order chi connectivity index (χ1) is 9.66. The van der Waals surface area contributed by atoms with Gasteiger partial charge in [-0.1, -0.05) is 30.3 Å². The molecule has 0 bridgehead atoms. The fraction of sp³-hybridized carbons (Fsp3) is 0.438. The fourth-order valence-electron chi connectivity index (χ4n) is 2.22. The lowest BCUT2D eigenvalue weighted by atomic mass is 10.0. The summed E-state index contributed by atoms with van der Waals surface area (Å²) in [6.07, 6.45) is 3.55. The van der Waals surface area contributed by atoms with Crippen LogP contribution < -0.4 is 5.32 Å². The Morgan fingerprint density at radius 1 is 1.40 bits per heavy atom. The molecule has 1 aromatic rings. The normalized spacial score (nSPS) is 17.6. The van der Waals surface area contributed by atoms with Crippen LogP contribution in [0.1, 0.15) is 37.9 Å². The highest BCUT2D eigenvalue weighted by atomic mass is 16.5. The first kappa shape index (κ1) is 14.6. The highest BCUT2D eigenvalue weighted by Crippen LogP contribution is 2.18. The summed E-state index contributed by atoms with van der Waals surface area (Å²) < 4.78 is 5.32. The third-order valence-electron chi connectivity index (χ3n) is 3.30. The number of ether oxygens (including phenoxy) is 1. The van der Waals surface area contributed by atoms with Crippen LogP contribution in [0.5, 0.6) is 0 Å². The van der Waals surface area contributed by atoms with Gasteiger partial charge in [0, 0.05) is 6.04 Å².